The van der Waals surface area contributed by atoms with E-state index in [0.717, 1.165) is 12.8 Å². The van der Waals surface area contributed by atoms with Gasteiger partial charge in [0.1, 0.15) is 0 Å². The highest BCUT2D eigenvalue weighted by molar-refractivity contribution is 5.76. The van der Waals surface area contributed by atoms with E-state index in [9.17, 15) is 4.79 Å². The SMILES string of the molecule is CC(CCN)CCC(=O)N(C)C(C)(C)CO. The topological polar surface area (TPSA) is 66.6 Å². The summed E-state index contributed by atoms with van der Waals surface area (Å²) < 4.78 is 0. The fraction of sp³-hybridized carbons (Fsp3) is 0.917. The average Bonchev–Trinajstić information content (AvgIpc) is 2.25. The van der Waals surface area contributed by atoms with Gasteiger partial charge in [0.2, 0.25) is 5.91 Å². The quantitative estimate of drug-likeness (QED) is 0.685. The number of amides is 1. The van der Waals surface area contributed by atoms with Gasteiger partial charge in [-0.1, -0.05) is 6.92 Å². The van der Waals surface area contributed by atoms with Gasteiger partial charge >= 0.3 is 0 Å². The van der Waals surface area contributed by atoms with Crippen LogP contribution in [-0.2, 0) is 4.79 Å². The maximum atomic E-state index is 11.8. The molecule has 4 nitrogen and oxygen atoms in total. The van der Waals surface area contributed by atoms with Gasteiger partial charge in [-0.2, -0.15) is 0 Å². The standard InChI is InChI=1S/C12H26N2O2/c1-10(7-8-13)5-6-11(16)14(4)12(2,3)9-15/h10,15H,5-9,13H2,1-4H3. The molecule has 1 unspecified atom stereocenters. The van der Waals surface area contributed by atoms with E-state index in [-0.39, 0.29) is 12.5 Å². The van der Waals surface area contributed by atoms with Crippen LogP contribution in [0.15, 0.2) is 0 Å². The van der Waals surface area contributed by atoms with Crippen molar-refractivity contribution in [3.05, 3.63) is 0 Å². The Bertz CT molecular complexity index is 217. The summed E-state index contributed by atoms with van der Waals surface area (Å²) in [5.74, 6) is 0.572. The number of hydrogen-bond donors (Lipinski definition) is 2. The summed E-state index contributed by atoms with van der Waals surface area (Å²) in [4.78, 5) is 13.5. The predicted octanol–water partition coefficient (Wildman–Crippen LogP) is 0.981. The Morgan fingerprint density at radius 2 is 2.00 bits per heavy atom. The van der Waals surface area contributed by atoms with Crippen LogP contribution in [0.5, 0.6) is 0 Å². The maximum absolute atomic E-state index is 11.8. The second-order valence-corrected chi connectivity index (χ2v) is 5.14. The van der Waals surface area contributed by atoms with E-state index in [1.165, 1.54) is 0 Å². The molecule has 0 rings (SSSR count). The molecule has 0 spiro atoms. The number of rotatable bonds is 7. The summed E-state index contributed by atoms with van der Waals surface area (Å²) in [5, 5.41) is 9.16. The molecule has 0 fully saturated rings. The summed E-state index contributed by atoms with van der Waals surface area (Å²) in [5.41, 5.74) is 4.98. The minimum atomic E-state index is -0.478. The monoisotopic (exact) mass is 230 g/mol. The second kappa shape index (κ2) is 6.86. The largest absolute Gasteiger partial charge is 0.394 e. The Morgan fingerprint density at radius 1 is 1.44 bits per heavy atom. The predicted molar refractivity (Wildman–Crippen MR) is 66.0 cm³/mol. The highest BCUT2D eigenvalue weighted by Gasteiger charge is 2.26. The van der Waals surface area contributed by atoms with E-state index < -0.39 is 5.54 Å². The summed E-state index contributed by atoms with van der Waals surface area (Å²) in [6.07, 6.45) is 2.35. The molecule has 0 radical (unpaired) electrons. The molecule has 0 aromatic rings. The molecule has 0 saturated carbocycles. The Kier molecular flexibility index (Phi) is 6.60. The molecular weight excluding hydrogens is 204 g/mol. The van der Waals surface area contributed by atoms with Gasteiger partial charge in [-0.25, -0.2) is 0 Å². The molecule has 16 heavy (non-hydrogen) atoms. The zero-order valence-corrected chi connectivity index (χ0v) is 11.0. The minimum Gasteiger partial charge on any atom is -0.394 e. The molecule has 0 saturated heterocycles. The van der Waals surface area contributed by atoms with E-state index in [1.54, 1.807) is 11.9 Å². The van der Waals surface area contributed by atoms with E-state index >= 15 is 0 Å². The van der Waals surface area contributed by atoms with Gasteiger partial charge in [-0.3, -0.25) is 4.79 Å². The van der Waals surface area contributed by atoms with Crippen LogP contribution < -0.4 is 5.73 Å². The average molecular weight is 230 g/mol. The molecule has 96 valence electrons. The first-order chi connectivity index (χ1) is 7.35. The first-order valence-corrected chi connectivity index (χ1v) is 5.92. The van der Waals surface area contributed by atoms with E-state index in [4.69, 9.17) is 10.8 Å². The molecule has 1 amide bonds. The minimum absolute atomic E-state index is 0.0202. The lowest BCUT2D eigenvalue weighted by molar-refractivity contribution is -0.136. The summed E-state index contributed by atoms with van der Waals surface area (Å²) in [6, 6.07) is 0. The lowest BCUT2D eigenvalue weighted by Crippen LogP contribution is -2.47. The van der Waals surface area contributed by atoms with Crippen LogP contribution in [0, 0.1) is 5.92 Å². The van der Waals surface area contributed by atoms with Crippen LogP contribution in [-0.4, -0.2) is 41.7 Å². The molecule has 4 heteroatoms. The van der Waals surface area contributed by atoms with Crippen molar-refractivity contribution in [1.82, 2.24) is 4.90 Å². The number of carbonyl (C=O) groups excluding carboxylic acids is 1. The Labute approximate surface area is 98.8 Å². The van der Waals surface area contributed by atoms with Crippen LogP contribution in [0.3, 0.4) is 0 Å². The Balaban J connectivity index is 4.07. The molecule has 3 N–H and O–H groups in total. The summed E-state index contributed by atoms with van der Waals surface area (Å²) in [7, 11) is 1.74. The number of nitrogens with two attached hydrogens (primary N) is 1. The third-order valence-electron chi connectivity index (χ3n) is 3.18. The molecule has 0 aliphatic carbocycles. The van der Waals surface area contributed by atoms with Crippen LogP contribution in [0.1, 0.15) is 40.0 Å². The van der Waals surface area contributed by atoms with Crippen LogP contribution >= 0.6 is 0 Å². The zero-order valence-electron chi connectivity index (χ0n) is 11.0. The molecule has 0 heterocycles. The number of likely N-dealkylation sites (N-methyl/N-ethyl adjacent to an activating group) is 1. The first kappa shape index (κ1) is 15.4. The number of aliphatic hydroxyl groups is 1. The fourth-order valence-electron chi connectivity index (χ4n) is 1.41. The van der Waals surface area contributed by atoms with Gasteiger partial charge in [0.05, 0.1) is 12.1 Å². The lowest BCUT2D eigenvalue weighted by atomic mass is 9.99. The second-order valence-electron chi connectivity index (χ2n) is 5.14. The molecule has 0 aliphatic rings. The van der Waals surface area contributed by atoms with Crippen molar-refractivity contribution in [3.63, 3.8) is 0 Å². The van der Waals surface area contributed by atoms with Crippen molar-refractivity contribution in [3.8, 4) is 0 Å². The first-order valence-electron chi connectivity index (χ1n) is 5.92. The van der Waals surface area contributed by atoms with Crippen LogP contribution in [0.2, 0.25) is 0 Å². The Morgan fingerprint density at radius 3 is 2.44 bits per heavy atom. The summed E-state index contributed by atoms with van der Waals surface area (Å²) >= 11 is 0. The molecule has 0 bridgehead atoms. The maximum Gasteiger partial charge on any atom is 0.222 e. The fourth-order valence-corrected chi connectivity index (χ4v) is 1.41. The number of nitrogens with zero attached hydrogens (tertiary/aromatic N) is 1. The summed E-state index contributed by atoms with van der Waals surface area (Å²) in [6.45, 7) is 6.47. The van der Waals surface area contributed by atoms with Gasteiger partial charge in [0, 0.05) is 13.5 Å². The van der Waals surface area contributed by atoms with E-state index in [2.05, 4.69) is 6.92 Å². The third-order valence-corrected chi connectivity index (χ3v) is 3.18. The molecule has 0 aromatic heterocycles. The zero-order chi connectivity index (χ0) is 12.8. The van der Waals surface area contributed by atoms with Crippen molar-refractivity contribution in [2.24, 2.45) is 11.7 Å². The normalized spacial score (nSPS) is 13.6. The third kappa shape index (κ3) is 4.94. The number of carbonyl (C=O) groups is 1. The van der Waals surface area contributed by atoms with Gasteiger partial charge in [-0.15, -0.1) is 0 Å². The van der Waals surface area contributed by atoms with E-state index in [1.807, 2.05) is 13.8 Å². The highest BCUT2D eigenvalue weighted by atomic mass is 16.3. The molecule has 0 aromatic carbocycles. The smallest absolute Gasteiger partial charge is 0.222 e. The van der Waals surface area contributed by atoms with Crippen molar-refractivity contribution in [1.29, 1.82) is 0 Å². The van der Waals surface area contributed by atoms with Crippen LogP contribution in [0.4, 0.5) is 0 Å². The number of hydrogen-bond acceptors (Lipinski definition) is 3. The van der Waals surface area contributed by atoms with Gasteiger partial charge in [0.25, 0.3) is 0 Å². The number of aliphatic hydroxyl groups excluding tert-OH is 1. The van der Waals surface area contributed by atoms with E-state index in [0.29, 0.717) is 18.9 Å². The van der Waals surface area contributed by atoms with Crippen molar-refractivity contribution < 1.29 is 9.90 Å². The van der Waals surface area contributed by atoms with Gasteiger partial charge < -0.3 is 15.7 Å². The van der Waals surface area contributed by atoms with Crippen molar-refractivity contribution in [2.45, 2.75) is 45.6 Å². The lowest BCUT2D eigenvalue weighted by Gasteiger charge is -2.34. The highest BCUT2D eigenvalue weighted by Crippen LogP contribution is 2.15. The van der Waals surface area contributed by atoms with Crippen LogP contribution in [0.25, 0.3) is 0 Å². The Hall–Kier alpha value is -0.610. The van der Waals surface area contributed by atoms with Gasteiger partial charge in [-0.05, 0) is 39.2 Å². The molecular formula is C12H26N2O2. The molecule has 1 atom stereocenters. The van der Waals surface area contributed by atoms with Crippen molar-refractivity contribution >= 4 is 5.91 Å². The molecule has 0 aliphatic heterocycles. The van der Waals surface area contributed by atoms with Gasteiger partial charge in [0.15, 0.2) is 0 Å². The van der Waals surface area contributed by atoms with Crippen molar-refractivity contribution in [2.75, 3.05) is 20.2 Å².